The Labute approximate surface area is 313 Å². The molecule has 0 unspecified atom stereocenters. The molecule has 51 heavy (non-hydrogen) atoms. The SMILES string of the molecule is CCCCCCCCCCCCCCCCCCN(C)S(=O)(=O)CC1=CC(C)(C)[N+](CC)=c2cc3c(cc21)=Cc1ccc(N(C)C)cc1C3(C)C. The Balaban J connectivity index is 1.34. The van der Waals surface area contributed by atoms with Crippen molar-refractivity contribution in [3.63, 3.8) is 0 Å². The van der Waals surface area contributed by atoms with E-state index in [9.17, 15) is 8.42 Å². The number of anilines is 1. The van der Waals surface area contributed by atoms with Crippen LogP contribution in [-0.2, 0) is 15.4 Å². The summed E-state index contributed by atoms with van der Waals surface area (Å²) in [6, 6.07) is 11.4. The molecule has 0 saturated carbocycles. The quantitative estimate of drug-likeness (QED) is 0.0901. The molecule has 0 saturated heterocycles. The van der Waals surface area contributed by atoms with Crippen LogP contribution in [0.15, 0.2) is 36.4 Å². The average molecular weight is 719 g/mol. The number of hydrogen-bond acceptors (Lipinski definition) is 3. The summed E-state index contributed by atoms with van der Waals surface area (Å²) in [7, 11) is 2.48. The predicted octanol–water partition coefficient (Wildman–Crippen LogP) is 9.43. The Morgan fingerprint density at radius 1 is 0.686 bits per heavy atom. The van der Waals surface area contributed by atoms with Crippen molar-refractivity contribution in [3.8, 4) is 0 Å². The van der Waals surface area contributed by atoms with Gasteiger partial charge in [0, 0.05) is 58.7 Å². The van der Waals surface area contributed by atoms with E-state index in [-0.39, 0.29) is 16.7 Å². The number of hydrogen-bond donors (Lipinski definition) is 0. The molecule has 6 heteroatoms. The molecule has 1 heterocycles. The number of nitrogens with zero attached hydrogens (tertiary/aromatic N) is 3. The number of sulfonamides is 1. The fourth-order valence-electron chi connectivity index (χ4n) is 8.47. The summed E-state index contributed by atoms with van der Waals surface area (Å²) in [6.07, 6.45) is 25.6. The van der Waals surface area contributed by atoms with Crippen molar-refractivity contribution >= 4 is 27.4 Å². The fourth-order valence-corrected chi connectivity index (χ4v) is 9.73. The lowest BCUT2D eigenvalue weighted by molar-refractivity contribution is 0.401. The second-order valence-corrected chi connectivity index (χ2v) is 18.9. The van der Waals surface area contributed by atoms with Crippen LogP contribution in [0, 0.1) is 0 Å². The average Bonchev–Trinajstić information content (AvgIpc) is 3.07. The van der Waals surface area contributed by atoms with Crippen LogP contribution in [0.25, 0.3) is 11.6 Å². The number of benzene rings is 2. The van der Waals surface area contributed by atoms with Gasteiger partial charge in [-0.3, -0.25) is 0 Å². The molecule has 0 fully saturated rings. The van der Waals surface area contributed by atoms with Crippen molar-refractivity contribution in [2.24, 2.45) is 0 Å². The molecule has 4 rings (SSSR count). The molecule has 0 spiro atoms. The highest BCUT2D eigenvalue weighted by molar-refractivity contribution is 7.89. The van der Waals surface area contributed by atoms with Gasteiger partial charge in [0.05, 0.1) is 11.3 Å². The van der Waals surface area contributed by atoms with Crippen LogP contribution >= 0.6 is 0 Å². The van der Waals surface area contributed by atoms with Gasteiger partial charge in [-0.15, -0.1) is 0 Å². The Kier molecular flexibility index (Phi) is 15.0. The van der Waals surface area contributed by atoms with Crippen LogP contribution in [0.1, 0.15) is 167 Å². The summed E-state index contributed by atoms with van der Waals surface area (Å²) < 4.78 is 31.8. The number of unbranched alkanes of at least 4 members (excludes halogenated alkanes) is 15. The summed E-state index contributed by atoms with van der Waals surface area (Å²) in [4.78, 5) is 2.16. The molecule has 1 aliphatic heterocycles. The summed E-state index contributed by atoms with van der Waals surface area (Å²) in [5, 5.41) is 2.33. The van der Waals surface area contributed by atoms with Gasteiger partial charge in [-0.25, -0.2) is 17.3 Å². The van der Waals surface area contributed by atoms with E-state index in [0.717, 1.165) is 35.9 Å². The standard InChI is InChI=1S/C45H72N3O2S/c1-10-12-13-14-15-16-17-18-19-20-21-22-23-24-25-26-29-47(9)51(49,50)35-38-34-44(3,4)48(11-2)43-33-42-37(31-40(38)43)30-36-27-28-39(46(7)8)32-41(36)45(42,5)6/h27-28,30-34H,10-26,29,35H2,1-9H3/q+1. The van der Waals surface area contributed by atoms with E-state index in [1.807, 2.05) is 0 Å². The van der Waals surface area contributed by atoms with Crippen molar-refractivity contribution in [1.82, 2.24) is 8.88 Å². The van der Waals surface area contributed by atoms with E-state index < -0.39 is 10.0 Å². The van der Waals surface area contributed by atoms with E-state index in [4.69, 9.17) is 0 Å². The van der Waals surface area contributed by atoms with Gasteiger partial charge in [0.25, 0.3) is 0 Å². The molecule has 1 aliphatic carbocycles. The monoisotopic (exact) mass is 719 g/mol. The maximum absolute atomic E-state index is 13.9. The van der Waals surface area contributed by atoms with Crippen molar-refractivity contribution in [2.45, 2.75) is 155 Å². The lowest BCUT2D eigenvalue weighted by atomic mass is 9.71. The first kappa shape index (κ1) is 41.3. The number of likely N-dealkylation sites (N-methyl/N-ethyl adjacent to an activating group) is 1. The van der Waals surface area contributed by atoms with E-state index >= 15 is 0 Å². The molecule has 0 atom stereocenters. The number of rotatable bonds is 22. The topological polar surface area (TPSA) is 43.6 Å². The fraction of sp³-hybridized carbons (Fsp3) is 0.667. The van der Waals surface area contributed by atoms with Crippen LogP contribution in [0.3, 0.4) is 0 Å². The zero-order valence-electron chi connectivity index (χ0n) is 34.0. The highest BCUT2D eigenvalue weighted by Gasteiger charge is 2.38. The minimum Gasteiger partial charge on any atom is -0.378 e. The minimum absolute atomic E-state index is 0.0291. The summed E-state index contributed by atoms with van der Waals surface area (Å²) in [6.45, 7) is 15.0. The van der Waals surface area contributed by atoms with Crippen molar-refractivity contribution < 1.29 is 8.42 Å². The van der Waals surface area contributed by atoms with Crippen LogP contribution < -0.4 is 20.1 Å². The predicted molar refractivity (Wildman–Crippen MR) is 222 cm³/mol. The molecule has 284 valence electrons. The molecule has 2 aliphatic rings. The lowest BCUT2D eigenvalue weighted by Crippen LogP contribution is -2.51. The summed E-state index contributed by atoms with van der Waals surface area (Å²) in [5.41, 5.74) is 6.54. The third kappa shape index (κ3) is 10.6. The molecule has 0 aromatic heterocycles. The molecular formula is C45H72N3O2S+. The van der Waals surface area contributed by atoms with E-state index in [1.54, 1.807) is 11.4 Å². The maximum atomic E-state index is 13.9. The minimum atomic E-state index is -3.47. The van der Waals surface area contributed by atoms with Crippen LogP contribution in [0.4, 0.5) is 5.69 Å². The van der Waals surface area contributed by atoms with Gasteiger partial charge < -0.3 is 4.90 Å². The molecule has 0 bridgehead atoms. The highest BCUT2D eigenvalue weighted by Crippen LogP contribution is 2.37. The molecule has 2 aromatic carbocycles. The van der Waals surface area contributed by atoms with Crippen LogP contribution in [-0.4, -0.2) is 58.2 Å². The second-order valence-electron chi connectivity index (χ2n) is 16.8. The molecule has 0 radical (unpaired) electrons. The number of fused-ring (bicyclic) bond motifs is 3. The zero-order chi connectivity index (χ0) is 37.2. The Morgan fingerprint density at radius 3 is 1.76 bits per heavy atom. The third-order valence-electron chi connectivity index (χ3n) is 11.7. The van der Waals surface area contributed by atoms with Gasteiger partial charge in [-0.2, -0.15) is 0 Å². The lowest BCUT2D eigenvalue weighted by Gasteiger charge is -2.34. The normalized spacial score (nSPS) is 16.0. The molecule has 0 amide bonds. The van der Waals surface area contributed by atoms with Gasteiger partial charge in [-0.1, -0.05) is 123 Å². The van der Waals surface area contributed by atoms with Crippen molar-refractivity contribution in [1.29, 1.82) is 0 Å². The first-order valence-electron chi connectivity index (χ1n) is 20.5. The zero-order valence-corrected chi connectivity index (χ0v) is 34.9. The molecular weight excluding hydrogens is 647 g/mol. The van der Waals surface area contributed by atoms with Crippen LogP contribution in [0.2, 0.25) is 0 Å². The van der Waals surface area contributed by atoms with E-state index in [1.165, 1.54) is 117 Å². The summed E-state index contributed by atoms with van der Waals surface area (Å²) >= 11 is 0. The van der Waals surface area contributed by atoms with E-state index in [2.05, 4.69) is 108 Å². The molecule has 0 N–H and O–H groups in total. The van der Waals surface area contributed by atoms with Gasteiger partial charge in [0.2, 0.25) is 15.4 Å². The van der Waals surface area contributed by atoms with Crippen molar-refractivity contribution in [2.75, 3.05) is 44.9 Å². The first-order valence-corrected chi connectivity index (χ1v) is 22.1. The highest BCUT2D eigenvalue weighted by atomic mass is 32.2. The first-order chi connectivity index (χ1) is 24.2. The smallest absolute Gasteiger partial charge is 0.218 e. The maximum Gasteiger partial charge on any atom is 0.218 e. The van der Waals surface area contributed by atoms with Crippen molar-refractivity contribution in [3.05, 3.63) is 69.2 Å². The van der Waals surface area contributed by atoms with Crippen LogP contribution in [0.5, 0.6) is 0 Å². The Bertz CT molecular complexity index is 1720. The molecule has 5 nitrogen and oxygen atoms in total. The second kappa shape index (κ2) is 18.5. The van der Waals surface area contributed by atoms with Gasteiger partial charge in [0.1, 0.15) is 6.54 Å². The largest absolute Gasteiger partial charge is 0.378 e. The Morgan fingerprint density at radius 2 is 1.24 bits per heavy atom. The Hall–Kier alpha value is -2.44. The molecule has 2 aromatic rings. The summed E-state index contributed by atoms with van der Waals surface area (Å²) in [5.74, 6) is 0.0291. The van der Waals surface area contributed by atoms with Gasteiger partial charge in [-0.05, 0) is 71.2 Å². The van der Waals surface area contributed by atoms with Gasteiger partial charge in [0.15, 0.2) is 5.54 Å². The van der Waals surface area contributed by atoms with Gasteiger partial charge >= 0.3 is 0 Å². The third-order valence-corrected chi connectivity index (χ3v) is 13.5. The van der Waals surface area contributed by atoms with E-state index in [0.29, 0.717) is 6.54 Å².